The van der Waals surface area contributed by atoms with Gasteiger partial charge in [-0.2, -0.15) is 0 Å². The van der Waals surface area contributed by atoms with Gasteiger partial charge in [0, 0.05) is 20.0 Å². The molecule has 1 amide bonds. The van der Waals surface area contributed by atoms with Crippen molar-refractivity contribution < 1.29 is 4.79 Å². The molecule has 0 saturated carbocycles. The molecule has 0 radical (unpaired) electrons. The Labute approximate surface area is 92.0 Å². The van der Waals surface area contributed by atoms with Gasteiger partial charge in [0.2, 0.25) is 5.91 Å². The van der Waals surface area contributed by atoms with Crippen LogP contribution in [0.4, 0.5) is 0 Å². The van der Waals surface area contributed by atoms with E-state index >= 15 is 0 Å². The first-order valence-corrected chi connectivity index (χ1v) is 2.54. The number of hydrogen-bond acceptors (Lipinski definition) is 1. The Balaban J connectivity index is 0.000000490. The molecule has 0 aromatic heterocycles. The van der Waals surface area contributed by atoms with Crippen molar-refractivity contribution in [2.24, 2.45) is 0 Å². The minimum absolute atomic E-state index is 0. The normalized spacial score (nSPS) is 18.6. The molecule has 2 nitrogen and oxygen atoms in total. The number of amides is 1. The van der Waals surface area contributed by atoms with Gasteiger partial charge < -0.3 is 4.90 Å². The SMILES string of the molecule is CN1CCCC1=O.[KH]. The van der Waals surface area contributed by atoms with Crippen molar-refractivity contribution in [1.29, 1.82) is 0 Å². The first kappa shape index (κ1) is 9.11. The first-order chi connectivity index (χ1) is 3.30. The van der Waals surface area contributed by atoms with E-state index in [-0.39, 0.29) is 51.4 Å². The van der Waals surface area contributed by atoms with E-state index in [1.54, 1.807) is 4.90 Å². The van der Waals surface area contributed by atoms with Crippen LogP contribution in [0.25, 0.3) is 0 Å². The van der Waals surface area contributed by atoms with Crippen molar-refractivity contribution >= 4 is 57.3 Å². The third kappa shape index (κ3) is 2.15. The maximum atomic E-state index is 10.5. The Kier molecular flexibility index (Phi) is 4.56. The van der Waals surface area contributed by atoms with Gasteiger partial charge >= 0.3 is 51.4 Å². The van der Waals surface area contributed by atoms with E-state index in [4.69, 9.17) is 0 Å². The minimum atomic E-state index is 0. The van der Waals surface area contributed by atoms with Crippen molar-refractivity contribution in [3.63, 3.8) is 0 Å². The van der Waals surface area contributed by atoms with Crippen LogP contribution in [0.1, 0.15) is 12.8 Å². The van der Waals surface area contributed by atoms with Gasteiger partial charge in [0.1, 0.15) is 0 Å². The fourth-order valence-electron chi connectivity index (χ4n) is 0.783. The molecular weight excluding hydrogens is 129 g/mol. The summed E-state index contributed by atoms with van der Waals surface area (Å²) in [6.07, 6.45) is 1.81. The molecule has 0 bridgehead atoms. The second-order valence-corrected chi connectivity index (χ2v) is 1.92. The molecule has 42 valence electrons. The first-order valence-electron chi connectivity index (χ1n) is 2.54. The summed E-state index contributed by atoms with van der Waals surface area (Å²) in [5, 5.41) is 0. The molecular formula is C5H10KNO. The van der Waals surface area contributed by atoms with Crippen LogP contribution in [0.15, 0.2) is 0 Å². The third-order valence-corrected chi connectivity index (χ3v) is 1.31. The van der Waals surface area contributed by atoms with Gasteiger partial charge in [-0.05, 0) is 6.42 Å². The second-order valence-electron chi connectivity index (χ2n) is 1.92. The van der Waals surface area contributed by atoms with Crippen LogP contribution in [0, 0.1) is 0 Å². The summed E-state index contributed by atoms with van der Waals surface area (Å²) in [6.45, 7) is 0.957. The zero-order valence-corrected chi connectivity index (χ0v) is 4.48. The fraction of sp³-hybridized carbons (Fsp3) is 0.800. The number of carbonyl (C=O) groups excluding carboxylic acids is 1. The maximum absolute atomic E-state index is 10.5. The number of hydrogen-bond donors (Lipinski definition) is 0. The van der Waals surface area contributed by atoms with E-state index in [9.17, 15) is 4.79 Å². The van der Waals surface area contributed by atoms with Gasteiger partial charge in [-0.15, -0.1) is 0 Å². The summed E-state index contributed by atoms with van der Waals surface area (Å²) >= 11 is 0. The quantitative estimate of drug-likeness (QED) is 0.418. The van der Waals surface area contributed by atoms with E-state index in [0.29, 0.717) is 5.91 Å². The summed E-state index contributed by atoms with van der Waals surface area (Å²) in [6, 6.07) is 0. The molecule has 0 N–H and O–H groups in total. The van der Waals surface area contributed by atoms with Crippen LogP contribution >= 0.6 is 0 Å². The summed E-state index contributed by atoms with van der Waals surface area (Å²) in [5.74, 6) is 0.292. The van der Waals surface area contributed by atoms with Gasteiger partial charge in [0.25, 0.3) is 0 Å². The van der Waals surface area contributed by atoms with Crippen molar-refractivity contribution in [2.75, 3.05) is 13.6 Å². The molecule has 0 unspecified atom stereocenters. The van der Waals surface area contributed by atoms with Crippen molar-refractivity contribution in [3.05, 3.63) is 0 Å². The van der Waals surface area contributed by atoms with Crippen LogP contribution in [-0.2, 0) is 4.79 Å². The van der Waals surface area contributed by atoms with Gasteiger partial charge in [-0.1, -0.05) is 0 Å². The van der Waals surface area contributed by atoms with Crippen LogP contribution in [0.2, 0.25) is 0 Å². The summed E-state index contributed by atoms with van der Waals surface area (Å²) in [4.78, 5) is 12.3. The van der Waals surface area contributed by atoms with Gasteiger partial charge in [0.15, 0.2) is 0 Å². The van der Waals surface area contributed by atoms with Crippen LogP contribution in [-0.4, -0.2) is 75.8 Å². The molecule has 1 aliphatic rings. The zero-order valence-electron chi connectivity index (χ0n) is 4.48. The Hall–Kier alpha value is 1.11. The van der Waals surface area contributed by atoms with Crippen LogP contribution < -0.4 is 0 Å². The molecule has 1 fully saturated rings. The van der Waals surface area contributed by atoms with E-state index in [0.717, 1.165) is 19.4 Å². The molecule has 1 aliphatic heterocycles. The van der Waals surface area contributed by atoms with E-state index in [2.05, 4.69) is 0 Å². The number of likely N-dealkylation sites (tertiary alicyclic amines) is 1. The predicted molar refractivity (Wildman–Crippen MR) is 34.0 cm³/mol. The second kappa shape index (κ2) is 4.01. The number of carbonyl (C=O) groups is 1. The fourth-order valence-corrected chi connectivity index (χ4v) is 0.783. The van der Waals surface area contributed by atoms with Crippen molar-refractivity contribution in [2.45, 2.75) is 12.8 Å². The Bertz CT molecular complexity index is 94.4. The van der Waals surface area contributed by atoms with E-state index < -0.39 is 0 Å². The summed E-state index contributed by atoms with van der Waals surface area (Å²) in [5.41, 5.74) is 0. The van der Waals surface area contributed by atoms with Crippen molar-refractivity contribution in [1.82, 2.24) is 4.90 Å². The topological polar surface area (TPSA) is 20.3 Å². The predicted octanol–water partition coefficient (Wildman–Crippen LogP) is -0.410. The van der Waals surface area contributed by atoms with Crippen molar-refractivity contribution in [3.8, 4) is 0 Å². The van der Waals surface area contributed by atoms with Gasteiger partial charge in [-0.25, -0.2) is 0 Å². The zero-order chi connectivity index (χ0) is 5.28. The molecule has 1 rings (SSSR count). The molecule has 3 heteroatoms. The average Bonchev–Trinajstić information content (AvgIpc) is 1.91. The number of nitrogens with zero attached hydrogens (tertiary/aromatic N) is 1. The molecule has 1 saturated heterocycles. The molecule has 1 heterocycles. The average molecular weight is 139 g/mol. The number of rotatable bonds is 0. The Morgan fingerprint density at radius 1 is 1.62 bits per heavy atom. The summed E-state index contributed by atoms with van der Waals surface area (Å²) in [7, 11) is 1.84. The summed E-state index contributed by atoms with van der Waals surface area (Å²) < 4.78 is 0. The van der Waals surface area contributed by atoms with E-state index in [1.807, 2.05) is 7.05 Å². The molecule has 0 aliphatic carbocycles. The molecule has 0 aromatic rings. The van der Waals surface area contributed by atoms with Crippen LogP contribution in [0.3, 0.4) is 0 Å². The molecule has 0 spiro atoms. The Morgan fingerprint density at radius 3 is 2.38 bits per heavy atom. The standard InChI is InChI=1S/C5H9NO.K.H/c1-6-4-2-3-5(6)7;;/h2-4H2,1H3;;. The van der Waals surface area contributed by atoms with Gasteiger partial charge in [0.05, 0.1) is 0 Å². The third-order valence-electron chi connectivity index (χ3n) is 1.31. The molecule has 0 atom stereocenters. The monoisotopic (exact) mass is 139 g/mol. The van der Waals surface area contributed by atoms with E-state index in [1.165, 1.54) is 0 Å². The van der Waals surface area contributed by atoms with Gasteiger partial charge in [-0.3, -0.25) is 4.79 Å². The van der Waals surface area contributed by atoms with Crippen LogP contribution in [0.5, 0.6) is 0 Å². The molecule has 0 aromatic carbocycles. The molecule has 8 heavy (non-hydrogen) atoms. The Morgan fingerprint density at radius 2 is 2.25 bits per heavy atom.